The fraction of sp³-hybridized carbons (Fsp3) is 0.600. The summed E-state index contributed by atoms with van der Waals surface area (Å²) in [6.07, 6.45) is 0. The van der Waals surface area contributed by atoms with E-state index in [0.717, 1.165) is 24.5 Å². The summed E-state index contributed by atoms with van der Waals surface area (Å²) in [6, 6.07) is 7.19. The number of nitrogens with two attached hydrogens (primary N) is 1. The van der Waals surface area contributed by atoms with Gasteiger partial charge in [0.15, 0.2) is 0 Å². The van der Waals surface area contributed by atoms with Crippen LogP contribution in [-0.2, 0) is 0 Å². The maximum atomic E-state index is 5.96. The van der Waals surface area contributed by atoms with E-state index in [9.17, 15) is 0 Å². The first-order chi connectivity index (χ1) is 9.06. The Kier molecular flexibility index (Phi) is 4.32. The third kappa shape index (κ3) is 2.85. The number of nitrogens with zero attached hydrogens (tertiary/aromatic N) is 2. The fourth-order valence-corrected chi connectivity index (χ4v) is 2.71. The van der Waals surface area contributed by atoms with Gasteiger partial charge in [-0.05, 0) is 38.6 Å². The lowest BCUT2D eigenvalue weighted by atomic mass is 10.1. The summed E-state index contributed by atoms with van der Waals surface area (Å²) in [6.45, 7) is 7.00. The van der Waals surface area contributed by atoms with Gasteiger partial charge in [0.05, 0.1) is 18.8 Å². The van der Waals surface area contributed by atoms with Crippen molar-refractivity contribution in [2.45, 2.75) is 25.9 Å². The highest BCUT2D eigenvalue weighted by molar-refractivity contribution is 5.61. The molecular weight excluding hydrogens is 238 g/mol. The normalized spacial score (nSPS) is 24.6. The van der Waals surface area contributed by atoms with Crippen LogP contribution in [0, 0.1) is 6.92 Å². The highest BCUT2D eigenvalue weighted by atomic mass is 16.5. The number of ether oxygens (including phenoxy) is 1. The number of hydrogen-bond donors (Lipinski definition) is 1. The van der Waals surface area contributed by atoms with Crippen molar-refractivity contribution in [2.24, 2.45) is 5.73 Å². The number of hydrogen-bond acceptors (Lipinski definition) is 4. The van der Waals surface area contributed by atoms with Gasteiger partial charge >= 0.3 is 0 Å². The van der Waals surface area contributed by atoms with Crippen molar-refractivity contribution in [2.75, 3.05) is 38.7 Å². The zero-order valence-corrected chi connectivity index (χ0v) is 12.4. The molecule has 1 aliphatic heterocycles. The summed E-state index contributed by atoms with van der Waals surface area (Å²) < 4.78 is 5.51. The zero-order chi connectivity index (χ0) is 14.0. The van der Waals surface area contributed by atoms with Crippen LogP contribution in [0.4, 0.5) is 5.69 Å². The van der Waals surface area contributed by atoms with E-state index >= 15 is 0 Å². The Morgan fingerprint density at radius 3 is 2.74 bits per heavy atom. The van der Waals surface area contributed by atoms with Gasteiger partial charge in [0, 0.05) is 25.7 Å². The van der Waals surface area contributed by atoms with Crippen LogP contribution in [0.5, 0.6) is 5.75 Å². The molecule has 0 spiro atoms. The molecule has 1 heterocycles. The van der Waals surface area contributed by atoms with E-state index in [0.29, 0.717) is 18.6 Å². The maximum absolute atomic E-state index is 5.96. The molecule has 0 saturated carbocycles. The third-order valence-electron chi connectivity index (χ3n) is 4.07. The van der Waals surface area contributed by atoms with Crippen LogP contribution in [0.2, 0.25) is 0 Å². The molecule has 2 unspecified atom stereocenters. The Hall–Kier alpha value is -1.26. The van der Waals surface area contributed by atoms with Crippen LogP contribution in [0.3, 0.4) is 0 Å². The molecule has 0 radical (unpaired) electrons. The molecule has 2 atom stereocenters. The summed E-state index contributed by atoms with van der Waals surface area (Å²) in [5.74, 6) is 0.931. The molecule has 0 aromatic heterocycles. The van der Waals surface area contributed by atoms with Crippen LogP contribution >= 0.6 is 0 Å². The first-order valence-corrected chi connectivity index (χ1v) is 6.88. The molecule has 1 aromatic carbocycles. The summed E-state index contributed by atoms with van der Waals surface area (Å²) in [5.41, 5.74) is 8.37. The monoisotopic (exact) mass is 263 g/mol. The minimum absolute atomic E-state index is 0.344. The minimum atomic E-state index is 0.344. The fourth-order valence-electron chi connectivity index (χ4n) is 2.71. The zero-order valence-electron chi connectivity index (χ0n) is 12.4. The predicted molar refractivity (Wildman–Crippen MR) is 80.0 cm³/mol. The number of anilines is 1. The SMILES string of the molecule is COc1ccc(C)cc1N1CC(C)N(C)CC1CN. The van der Waals surface area contributed by atoms with E-state index in [2.05, 4.69) is 42.8 Å². The highest BCUT2D eigenvalue weighted by Gasteiger charge is 2.30. The van der Waals surface area contributed by atoms with Gasteiger partial charge in [-0.3, -0.25) is 4.90 Å². The molecule has 1 saturated heterocycles. The van der Waals surface area contributed by atoms with E-state index < -0.39 is 0 Å². The Morgan fingerprint density at radius 1 is 1.37 bits per heavy atom. The summed E-state index contributed by atoms with van der Waals surface area (Å²) >= 11 is 0. The molecule has 19 heavy (non-hydrogen) atoms. The number of piperazine rings is 1. The van der Waals surface area contributed by atoms with E-state index in [1.807, 2.05) is 6.07 Å². The molecule has 2 N–H and O–H groups in total. The molecule has 0 bridgehead atoms. The summed E-state index contributed by atoms with van der Waals surface area (Å²) in [4.78, 5) is 4.77. The van der Waals surface area contributed by atoms with E-state index in [1.165, 1.54) is 5.56 Å². The molecule has 0 aliphatic carbocycles. The van der Waals surface area contributed by atoms with Crippen LogP contribution < -0.4 is 15.4 Å². The van der Waals surface area contributed by atoms with Crippen molar-refractivity contribution < 1.29 is 4.74 Å². The van der Waals surface area contributed by atoms with Gasteiger partial charge in [0.25, 0.3) is 0 Å². The molecule has 106 valence electrons. The Labute approximate surface area is 116 Å². The second-order valence-corrected chi connectivity index (χ2v) is 5.51. The molecule has 1 fully saturated rings. The van der Waals surface area contributed by atoms with Crippen molar-refractivity contribution in [3.8, 4) is 5.75 Å². The molecule has 0 amide bonds. The lowest BCUT2D eigenvalue weighted by molar-refractivity contribution is 0.201. The maximum Gasteiger partial charge on any atom is 0.142 e. The summed E-state index contributed by atoms with van der Waals surface area (Å²) in [5, 5.41) is 0. The average molecular weight is 263 g/mol. The number of aryl methyl sites for hydroxylation is 1. The van der Waals surface area contributed by atoms with Gasteiger partial charge in [0.2, 0.25) is 0 Å². The Balaban J connectivity index is 2.35. The van der Waals surface area contributed by atoms with Gasteiger partial charge < -0.3 is 15.4 Å². The molecule has 1 aliphatic rings. The largest absolute Gasteiger partial charge is 0.495 e. The van der Waals surface area contributed by atoms with Crippen LogP contribution in [-0.4, -0.2) is 50.8 Å². The van der Waals surface area contributed by atoms with Gasteiger partial charge in [0.1, 0.15) is 5.75 Å². The smallest absolute Gasteiger partial charge is 0.142 e. The van der Waals surface area contributed by atoms with Gasteiger partial charge in [-0.1, -0.05) is 6.07 Å². The van der Waals surface area contributed by atoms with Crippen molar-refractivity contribution >= 4 is 5.69 Å². The van der Waals surface area contributed by atoms with Crippen molar-refractivity contribution in [1.29, 1.82) is 0 Å². The lowest BCUT2D eigenvalue weighted by Crippen LogP contribution is -2.58. The number of likely N-dealkylation sites (N-methyl/N-ethyl adjacent to an activating group) is 1. The van der Waals surface area contributed by atoms with Crippen molar-refractivity contribution in [1.82, 2.24) is 4.90 Å². The third-order valence-corrected chi connectivity index (χ3v) is 4.07. The van der Waals surface area contributed by atoms with Gasteiger partial charge in [-0.25, -0.2) is 0 Å². The number of methoxy groups -OCH3 is 1. The van der Waals surface area contributed by atoms with Crippen LogP contribution in [0.25, 0.3) is 0 Å². The van der Waals surface area contributed by atoms with Gasteiger partial charge in [-0.2, -0.15) is 0 Å². The molecule has 2 rings (SSSR count). The second-order valence-electron chi connectivity index (χ2n) is 5.51. The first kappa shape index (κ1) is 14.2. The van der Waals surface area contributed by atoms with Crippen molar-refractivity contribution in [3.05, 3.63) is 23.8 Å². The van der Waals surface area contributed by atoms with E-state index in [-0.39, 0.29) is 0 Å². The summed E-state index contributed by atoms with van der Waals surface area (Å²) in [7, 11) is 3.89. The standard InChI is InChI=1S/C15H25N3O/c1-11-5-6-15(19-4)14(7-11)18-9-12(2)17(3)10-13(18)8-16/h5-7,12-13H,8-10,16H2,1-4H3. The highest BCUT2D eigenvalue weighted by Crippen LogP contribution is 2.32. The second kappa shape index (κ2) is 5.80. The van der Waals surface area contributed by atoms with Gasteiger partial charge in [-0.15, -0.1) is 0 Å². The number of rotatable bonds is 3. The van der Waals surface area contributed by atoms with Crippen LogP contribution in [0.1, 0.15) is 12.5 Å². The topological polar surface area (TPSA) is 41.7 Å². The minimum Gasteiger partial charge on any atom is -0.495 e. The Morgan fingerprint density at radius 2 is 2.11 bits per heavy atom. The molecule has 4 heteroatoms. The molecule has 4 nitrogen and oxygen atoms in total. The average Bonchev–Trinajstić information content (AvgIpc) is 2.41. The quantitative estimate of drug-likeness (QED) is 0.897. The lowest BCUT2D eigenvalue weighted by Gasteiger charge is -2.45. The first-order valence-electron chi connectivity index (χ1n) is 6.88. The predicted octanol–water partition coefficient (Wildman–Crippen LogP) is 1.47. The Bertz CT molecular complexity index is 435. The number of benzene rings is 1. The van der Waals surface area contributed by atoms with Crippen LogP contribution in [0.15, 0.2) is 18.2 Å². The van der Waals surface area contributed by atoms with E-state index in [1.54, 1.807) is 7.11 Å². The molecular formula is C15H25N3O. The van der Waals surface area contributed by atoms with Crippen molar-refractivity contribution in [3.63, 3.8) is 0 Å². The van der Waals surface area contributed by atoms with E-state index in [4.69, 9.17) is 10.5 Å². The molecule has 1 aromatic rings.